The van der Waals surface area contributed by atoms with Crippen LogP contribution in [0, 0.1) is 3.57 Å². The van der Waals surface area contributed by atoms with Gasteiger partial charge in [0, 0.05) is 10.1 Å². The predicted molar refractivity (Wildman–Crippen MR) is 66.0 cm³/mol. The predicted octanol–water partition coefficient (Wildman–Crippen LogP) is 1.61. The zero-order chi connectivity index (χ0) is 10.9. The molecule has 4 heteroatoms. The SMILES string of the molecule is O=C(O)C1(c2ccc(I)cc2)CCNC1. The van der Waals surface area contributed by atoms with Crippen molar-refractivity contribution in [1.82, 2.24) is 5.32 Å². The van der Waals surface area contributed by atoms with Crippen molar-refractivity contribution in [2.75, 3.05) is 13.1 Å². The van der Waals surface area contributed by atoms with Gasteiger partial charge in [-0.25, -0.2) is 0 Å². The number of nitrogens with one attached hydrogen (secondary N) is 1. The first-order valence-corrected chi connectivity index (χ1v) is 5.93. The molecule has 0 aromatic heterocycles. The first kappa shape index (κ1) is 10.9. The third-order valence-electron chi connectivity index (χ3n) is 2.96. The summed E-state index contributed by atoms with van der Waals surface area (Å²) in [4.78, 5) is 11.4. The van der Waals surface area contributed by atoms with Crippen LogP contribution in [-0.2, 0) is 10.2 Å². The van der Waals surface area contributed by atoms with Gasteiger partial charge in [-0.05, 0) is 53.3 Å². The quantitative estimate of drug-likeness (QED) is 0.815. The average molecular weight is 317 g/mol. The molecule has 3 nitrogen and oxygen atoms in total. The lowest BCUT2D eigenvalue weighted by atomic mass is 9.80. The van der Waals surface area contributed by atoms with E-state index in [-0.39, 0.29) is 0 Å². The normalized spacial score (nSPS) is 25.4. The number of aliphatic carboxylic acids is 1. The molecule has 1 aromatic carbocycles. The Balaban J connectivity index is 2.41. The highest BCUT2D eigenvalue weighted by Crippen LogP contribution is 2.31. The summed E-state index contributed by atoms with van der Waals surface area (Å²) < 4.78 is 1.13. The smallest absolute Gasteiger partial charge is 0.315 e. The maximum Gasteiger partial charge on any atom is 0.315 e. The van der Waals surface area contributed by atoms with Gasteiger partial charge < -0.3 is 10.4 Å². The van der Waals surface area contributed by atoms with E-state index in [1.807, 2.05) is 24.3 Å². The van der Waals surface area contributed by atoms with Gasteiger partial charge in [0.15, 0.2) is 0 Å². The number of halogens is 1. The van der Waals surface area contributed by atoms with Crippen LogP contribution in [0.5, 0.6) is 0 Å². The van der Waals surface area contributed by atoms with Crippen LogP contribution in [0.1, 0.15) is 12.0 Å². The zero-order valence-corrected chi connectivity index (χ0v) is 10.3. The van der Waals surface area contributed by atoms with Crippen LogP contribution in [0.3, 0.4) is 0 Å². The van der Waals surface area contributed by atoms with E-state index in [2.05, 4.69) is 27.9 Å². The van der Waals surface area contributed by atoms with E-state index in [4.69, 9.17) is 0 Å². The highest BCUT2D eigenvalue weighted by Gasteiger charge is 2.42. The van der Waals surface area contributed by atoms with Gasteiger partial charge in [-0.15, -0.1) is 0 Å². The number of benzene rings is 1. The Hall–Kier alpha value is -0.620. The van der Waals surface area contributed by atoms with Gasteiger partial charge in [-0.1, -0.05) is 12.1 Å². The topological polar surface area (TPSA) is 49.3 Å². The lowest BCUT2D eigenvalue weighted by molar-refractivity contribution is -0.143. The van der Waals surface area contributed by atoms with Crippen LogP contribution >= 0.6 is 22.6 Å². The minimum Gasteiger partial charge on any atom is -0.481 e. The molecule has 0 amide bonds. The van der Waals surface area contributed by atoms with E-state index >= 15 is 0 Å². The molecule has 80 valence electrons. The number of hydrogen-bond acceptors (Lipinski definition) is 2. The minimum atomic E-state index is -0.728. The van der Waals surface area contributed by atoms with Gasteiger partial charge >= 0.3 is 5.97 Å². The Morgan fingerprint density at radius 2 is 2.07 bits per heavy atom. The molecule has 1 fully saturated rings. The van der Waals surface area contributed by atoms with Crippen molar-refractivity contribution in [1.29, 1.82) is 0 Å². The lowest BCUT2D eigenvalue weighted by Gasteiger charge is -2.23. The Morgan fingerprint density at radius 3 is 2.53 bits per heavy atom. The number of hydrogen-bond donors (Lipinski definition) is 2. The van der Waals surface area contributed by atoms with Crippen LogP contribution in [0.4, 0.5) is 0 Å². The minimum absolute atomic E-state index is 0.531. The first-order valence-electron chi connectivity index (χ1n) is 4.85. The molecule has 0 saturated carbocycles. The van der Waals surface area contributed by atoms with Crippen LogP contribution in [0.25, 0.3) is 0 Å². The average Bonchev–Trinajstić information content (AvgIpc) is 2.69. The highest BCUT2D eigenvalue weighted by atomic mass is 127. The Morgan fingerprint density at radius 1 is 1.40 bits per heavy atom. The van der Waals surface area contributed by atoms with Gasteiger partial charge in [-0.2, -0.15) is 0 Å². The Labute approximate surface area is 102 Å². The van der Waals surface area contributed by atoms with Gasteiger partial charge in [0.2, 0.25) is 0 Å². The molecule has 2 rings (SSSR count). The summed E-state index contributed by atoms with van der Waals surface area (Å²) in [7, 11) is 0. The maximum atomic E-state index is 11.4. The standard InChI is InChI=1S/C11H12INO2/c12-9-3-1-8(2-4-9)11(10(14)15)5-6-13-7-11/h1-4,13H,5-7H2,(H,14,15). The molecule has 1 aliphatic rings. The fourth-order valence-electron chi connectivity index (χ4n) is 2.01. The second-order valence-electron chi connectivity index (χ2n) is 3.82. The van der Waals surface area contributed by atoms with Crippen molar-refractivity contribution in [3.05, 3.63) is 33.4 Å². The first-order chi connectivity index (χ1) is 7.15. The Kier molecular flexibility index (Phi) is 2.97. The molecule has 15 heavy (non-hydrogen) atoms. The van der Waals surface area contributed by atoms with Gasteiger partial charge in [0.1, 0.15) is 5.41 Å². The summed E-state index contributed by atoms with van der Waals surface area (Å²) in [5, 5.41) is 12.5. The van der Waals surface area contributed by atoms with Crippen LogP contribution in [0.2, 0.25) is 0 Å². The monoisotopic (exact) mass is 317 g/mol. The summed E-state index contributed by atoms with van der Waals surface area (Å²) in [5.74, 6) is -0.728. The van der Waals surface area contributed by atoms with Gasteiger partial charge in [0.05, 0.1) is 0 Å². The van der Waals surface area contributed by atoms with E-state index in [1.54, 1.807) is 0 Å². The van der Waals surface area contributed by atoms with Gasteiger partial charge in [-0.3, -0.25) is 4.79 Å². The second kappa shape index (κ2) is 4.09. The third kappa shape index (κ3) is 1.88. The van der Waals surface area contributed by atoms with Crippen molar-refractivity contribution in [3.63, 3.8) is 0 Å². The Bertz CT molecular complexity index is 369. The summed E-state index contributed by atoms with van der Waals surface area (Å²) >= 11 is 2.22. The molecule has 2 N–H and O–H groups in total. The van der Waals surface area contributed by atoms with Crippen molar-refractivity contribution in [2.45, 2.75) is 11.8 Å². The molecule has 0 bridgehead atoms. The fourth-order valence-corrected chi connectivity index (χ4v) is 2.37. The molecule has 1 heterocycles. The van der Waals surface area contributed by atoms with E-state index in [0.717, 1.165) is 15.7 Å². The van der Waals surface area contributed by atoms with Crippen LogP contribution in [-0.4, -0.2) is 24.2 Å². The summed E-state index contributed by atoms with van der Waals surface area (Å²) in [5.41, 5.74) is 0.185. The number of carboxylic acids is 1. The molecule has 0 aliphatic carbocycles. The molecule has 1 saturated heterocycles. The molecule has 1 atom stereocenters. The summed E-state index contributed by atoms with van der Waals surface area (Å²) in [6.07, 6.45) is 0.670. The molecule has 1 unspecified atom stereocenters. The molecule has 1 aliphatic heterocycles. The summed E-state index contributed by atoms with van der Waals surface area (Å²) in [6.45, 7) is 1.31. The molecule has 1 aromatic rings. The molecule has 0 radical (unpaired) electrons. The lowest BCUT2D eigenvalue weighted by Crippen LogP contribution is -2.37. The van der Waals surface area contributed by atoms with E-state index < -0.39 is 11.4 Å². The van der Waals surface area contributed by atoms with Crippen molar-refractivity contribution in [3.8, 4) is 0 Å². The molecular weight excluding hydrogens is 305 g/mol. The van der Waals surface area contributed by atoms with Crippen molar-refractivity contribution < 1.29 is 9.90 Å². The number of rotatable bonds is 2. The maximum absolute atomic E-state index is 11.4. The molecule has 0 spiro atoms. The molecular formula is C11H12INO2. The largest absolute Gasteiger partial charge is 0.481 e. The second-order valence-corrected chi connectivity index (χ2v) is 5.07. The number of carbonyl (C=O) groups is 1. The van der Waals surface area contributed by atoms with Crippen molar-refractivity contribution in [2.24, 2.45) is 0 Å². The van der Waals surface area contributed by atoms with Crippen LogP contribution in [0.15, 0.2) is 24.3 Å². The van der Waals surface area contributed by atoms with Crippen molar-refractivity contribution >= 4 is 28.6 Å². The zero-order valence-electron chi connectivity index (χ0n) is 8.16. The highest BCUT2D eigenvalue weighted by molar-refractivity contribution is 14.1. The van der Waals surface area contributed by atoms with E-state index in [9.17, 15) is 9.90 Å². The number of carboxylic acid groups (broad SMARTS) is 1. The fraction of sp³-hybridized carbons (Fsp3) is 0.364. The third-order valence-corrected chi connectivity index (χ3v) is 3.68. The van der Waals surface area contributed by atoms with E-state index in [1.165, 1.54) is 0 Å². The van der Waals surface area contributed by atoms with Crippen LogP contribution < -0.4 is 5.32 Å². The van der Waals surface area contributed by atoms with E-state index in [0.29, 0.717) is 13.0 Å². The summed E-state index contributed by atoms with van der Waals surface area (Å²) in [6, 6.07) is 7.75. The van der Waals surface area contributed by atoms with Gasteiger partial charge in [0.25, 0.3) is 0 Å².